The van der Waals surface area contributed by atoms with Crippen molar-refractivity contribution in [3.05, 3.63) is 22.4 Å². The van der Waals surface area contributed by atoms with Gasteiger partial charge >= 0.3 is 0 Å². The van der Waals surface area contributed by atoms with Crippen molar-refractivity contribution < 1.29 is 4.79 Å². The largest absolute Gasteiger partial charge is 0.357 e. The Hall–Kier alpha value is -0.870. The Bertz CT molecular complexity index is 583. The number of carbonyl (C=O) groups excluding carboxylic acids is 1. The summed E-state index contributed by atoms with van der Waals surface area (Å²) in [6.07, 6.45) is 3.68. The van der Waals surface area contributed by atoms with Gasteiger partial charge in [0, 0.05) is 63.2 Å². The summed E-state index contributed by atoms with van der Waals surface area (Å²) in [5.41, 5.74) is 0. The first-order valence-electron chi connectivity index (χ1n) is 9.82. The van der Waals surface area contributed by atoms with Gasteiger partial charge in [-0.2, -0.15) is 0 Å². The van der Waals surface area contributed by atoms with Gasteiger partial charge < -0.3 is 15.5 Å². The highest BCUT2D eigenvalue weighted by atomic mass is 127. The average molecular weight is 505 g/mol. The van der Waals surface area contributed by atoms with Crippen LogP contribution in [0.15, 0.2) is 22.5 Å². The molecule has 2 aliphatic rings. The fourth-order valence-corrected chi connectivity index (χ4v) is 3.86. The number of nitrogens with zero attached hydrogens (tertiary/aromatic N) is 3. The van der Waals surface area contributed by atoms with Gasteiger partial charge in [0.1, 0.15) is 0 Å². The summed E-state index contributed by atoms with van der Waals surface area (Å²) < 4.78 is 0. The number of rotatable bonds is 8. The molecule has 0 unspecified atom stereocenters. The first-order chi connectivity index (χ1) is 12.7. The molecule has 2 heterocycles. The lowest BCUT2D eigenvalue weighted by Gasteiger charge is -2.36. The molecule has 1 aromatic heterocycles. The molecule has 27 heavy (non-hydrogen) atoms. The third-order valence-corrected chi connectivity index (χ3v) is 5.59. The number of piperazine rings is 1. The van der Waals surface area contributed by atoms with Crippen molar-refractivity contribution >= 4 is 47.2 Å². The Morgan fingerprint density at radius 3 is 2.70 bits per heavy atom. The van der Waals surface area contributed by atoms with Gasteiger partial charge in [0.2, 0.25) is 5.91 Å². The van der Waals surface area contributed by atoms with Gasteiger partial charge in [-0.05, 0) is 37.6 Å². The second-order valence-corrected chi connectivity index (χ2v) is 8.06. The standard InChI is InChI=1S/C19H31N5OS.HI/c1-2-20-19(21-9-3-6-18(25)22-16-7-8-16)24-12-10-23(11-13-24)15-17-5-4-14-26-17;/h4-5,14,16H,2-3,6-13,15H2,1H3,(H,20,21)(H,22,25);1H. The summed E-state index contributed by atoms with van der Waals surface area (Å²) >= 11 is 1.83. The van der Waals surface area contributed by atoms with E-state index in [2.05, 4.69) is 44.9 Å². The predicted octanol–water partition coefficient (Wildman–Crippen LogP) is 2.51. The van der Waals surface area contributed by atoms with Crippen molar-refractivity contribution in [3.8, 4) is 0 Å². The number of carbonyl (C=O) groups is 1. The fraction of sp³-hybridized carbons (Fsp3) is 0.684. The molecule has 2 N–H and O–H groups in total. The van der Waals surface area contributed by atoms with E-state index in [1.807, 2.05) is 11.3 Å². The van der Waals surface area contributed by atoms with Gasteiger partial charge in [0.25, 0.3) is 0 Å². The lowest BCUT2D eigenvalue weighted by atomic mass is 10.3. The number of aliphatic imine (C=N–C) groups is 1. The lowest BCUT2D eigenvalue weighted by molar-refractivity contribution is -0.121. The first-order valence-corrected chi connectivity index (χ1v) is 10.7. The molecule has 1 aliphatic heterocycles. The highest BCUT2D eigenvalue weighted by molar-refractivity contribution is 14.0. The zero-order chi connectivity index (χ0) is 18.2. The molecule has 0 bridgehead atoms. The molecule has 6 nitrogen and oxygen atoms in total. The van der Waals surface area contributed by atoms with E-state index in [0.717, 1.165) is 64.5 Å². The second-order valence-electron chi connectivity index (χ2n) is 7.02. The molecule has 0 spiro atoms. The van der Waals surface area contributed by atoms with E-state index in [0.29, 0.717) is 19.0 Å². The average Bonchev–Trinajstić information content (AvgIpc) is 3.31. The molecule has 8 heteroatoms. The van der Waals surface area contributed by atoms with Crippen molar-refractivity contribution in [1.82, 2.24) is 20.4 Å². The molecule has 0 radical (unpaired) electrons. The van der Waals surface area contributed by atoms with Gasteiger partial charge in [-0.25, -0.2) is 0 Å². The number of guanidine groups is 1. The zero-order valence-corrected chi connectivity index (χ0v) is 19.3. The van der Waals surface area contributed by atoms with Gasteiger partial charge in [0.15, 0.2) is 5.96 Å². The van der Waals surface area contributed by atoms with Crippen molar-refractivity contribution in [2.45, 2.75) is 45.2 Å². The van der Waals surface area contributed by atoms with E-state index < -0.39 is 0 Å². The predicted molar refractivity (Wildman–Crippen MR) is 123 cm³/mol. The second kappa shape index (κ2) is 11.9. The number of halogens is 1. The van der Waals surface area contributed by atoms with Crippen LogP contribution in [0.4, 0.5) is 0 Å². The summed E-state index contributed by atoms with van der Waals surface area (Å²) in [6, 6.07) is 4.78. The van der Waals surface area contributed by atoms with Crippen LogP contribution in [0, 0.1) is 0 Å². The quantitative estimate of drug-likeness (QED) is 0.247. The summed E-state index contributed by atoms with van der Waals surface area (Å²) in [5.74, 6) is 1.17. The van der Waals surface area contributed by atoms with Crippen LogP contribution in [-0.4, -0.2) is 67.0 Å². The lowest BCUT2D eigenvalue weighted by Crippen LogP contribution is -2.52. The molecule has 1 aromatic rings. The first kappa shape index (κ1) is 22.4. The number of nitrogens with one attached hydrogen (secondary N) is 2. The molecule has 2 fully saturated rings. The van der Waals surface area contributed by atoms with E-state index in [-0.39, 0.29) is 29.9 Å². The number of thiophene rings is 1. The minimum atomic E-state index is 0. The van der Waals surface area contributed by atoms with Gasteiger partial charge in [-0.15, -0.1) is 35.3 Å². The normalized spacial score (nSPS) is 18.1. The van der Waals surface area contributed by atoms with Crippen LogP contribution < -0.4 is 10.6 Å². The minimum absolute atomic E-state index is 0. The molecule has 1 saturated carbocycles. The molecule has 1 amide bonds. The van der Waals surface area contributed by atoms with Crippen LogP contribution >= 0.6 is 35.3 Å². The van der Waals surface area contributed by atoms with E-state index in [1.165, 1.54) is 4.88 Å². The summed E-state index contributed by atoms with van der Waals surface area (Å²) in [5, 5.41) is 8.58. The Balaban J connectivity index is 0.00000261. The van der Waals surface area contributed by atoms with Crippen molar-refractivity contribution in [2.24, 2.45) is 4.99 Å². The van der Waals surface area contributed by atoms with Crippen LogP contribution in [0.25, 0.3) is 0 Å². The molecule has 0 atom stereocenters. The van der Waals surface area contributed by atoms with E-state index in [9.17, 15) is 4.79 Å². The Morgan fingerprint density at radius 1 is 1.30 bits per heavy atom. The van der Waals surface area contributed by atoms with Crippen LogP contribution in [-0.2, 0) is 11.3 Å². The Kier molecular flexibility index (Phi) is 9.84. The monoisotopic (exact) mass is 505 g/mol. The summed E-state index contributed by atoms with van der Waals surface area (Å²) in [4.78, 5) is 22.8. The maximum atomic E-state index is 11.7. The zero-order valence-electron chi connectivity index (χ0n) is 16.2. The van der Waals surface area contributed by atoms with Crippen molar-refractivity contribution in [1.29, 1.82) is 0 Å². The molecule has 1 aliphatic carbocycles. The van der Waals surface area contributed by atoms with Crippen molar-refractivity contribution in [3.63, 3.8) is 0 Å². The smallest absolute Gasteiger partial charge is 0.220 e. The van der Waals surface area contributed by atoms with E-state index in [1.54, 1.807) is 0 Å². The molecule has 3 rings (SSSR count). The van der Waals surface area contributed by atoms with Gasteiger partial charge in [-0.3, -0.25) is 14.7 Å². The van der Waals surface area contributed by atoms with Crippen LogP contribution in [0.1, 0.15) is 37.5 Å². The molecule has 152 valence electrons. The van der Waals surface area contributed by atoms with Crippen LogP contribution in [0.3, 0.4) is 0 Å². The van der Waals surface area contributed by atoms with E-state index >= 15 is 0 Å². The fourth-order valence-electron chi connectivity index (χ4n) is 3.12. The summed E-state index contributed by atoms with van der Waals surface area (Å²) in [7, 11) is 0. The highest BCUT2D eigenvalue weighted by Crippen LogP contribution is 2.18. The molecular formula is C19H32IN5OS. The topological polar surface area (TPSA) is 60.0 Å². The minimum Gasteiger partial charge on any atom is -0.357 e. The van der Waals surface area contributed by atoms with Crippen LogP contribution in [0.2, 0.25) is 0 Å². The maximum Gasteiger partial charge on any atom is 0.220 e. The molecule has 0 aromatic carbocycles. The third-order valence-electron chi connectivity index (χ3n) is 4.73. The number of hydrogen-bond donors (Lipinski definition) is 2. The summed E-state index contributed by atoms with van der Waals surface area (Å²) in [6.45, 7) is 8.85. The van der Waals surface area contributed by atoms with Crippen molar-refractivity contribution in [2.75, 3.05) is 39.3 Å². The molecular weight excluding hydrogens is 473 g/mol. The number of amides is 1. The van der Waals surface area contributed by atoms with Gasteiger partial charge in [0.05, 0.1) is 0 Å². The van der Waals surface area contributed by atoms with E-state index in [4.69, 9.17) is 4.99 Å². The molecule has 1 saturated heterocycles. The maximum absolute atomic E-state index is 11.7. The van der Waals surface area contributed by atoms with Gasteiger partial charge in [-0.1, -0.05) is 6.07 Å². The SMILES string of the molecule is CCNC(=NCCCC(=O)NC1CC1)N1CCN(Cc2cccs2)CC1.I. The Labute approximate surface area is 183 Å². The number of hydrogen-bond acceptors (Lipinski definition) is 4. The Morgan fingerprint density at radius 2 is 2.07 bits per heavy atom. The highest BCUT2D eigenvalue weighted by Gasteiger charge is 2.23. The van der Waals surface area contributed by atoms with Crippen LogP contribution in [0.5, 0.6) is 0 Å². The third kappa shape index (κ3) is 7.95.